The number of aryl methyl sites for hydroxylation is 1. The Bertz CT molecular complexity index is 656. The Hall–Kier alpha value is -2.69. The van der Waals surface area contributed by atoms with Crippen LogP contribution in [0.25, 0.3) is 0 Å². The fraction of sp³-hybridized carbons (Fsp3) is 0.235. The van der Waals surface area contributed by atoms with Gasteiger partial charge in [-0.15, -0.1) is 0 Å². The fourth-order valence-electron chi connectivity index (χ4n) is 2.19. The summed E-state index contributed by atoms with van der Waals surface area (Å²) >= 11 is 0. The van der Waals surface area contributed by atoms with Crippen molar-refractivity contribution in [3.8, 4) is 0 Å². The Morgan fingerprint density at radius 1 is 1.23 bits per heavy atom. The van der Waals surface area contributed by atoms with Gasteiger partial charge in [-0.3, -0.25) is 14.6 Å². The Labute approximate surface area is 129 Å². The second kappa shape index (κ2) is 7.36. The molecule has 2 N–H and O–H groups in total. The monoisotopic (exact) mass is 298 g/mol. The van der Waals surface area contributed by atoms with Crippen LogP contribution >= 0.6 is 0 Å². The lowest BCUT2D eigenvalue weighted by Gasteiger charge is -2.14. The second-order valence-corrected chi connectivity index (χ2v) is 5.17. The summed E-state index contributed by atoms with van der Waals surface area (Å²) in [6.45, 7) is 2.05. The number of carboxylic acid groups (broad SMARTS) is 1. The van der Waals surface area contributed by atoms with Crippen molar-refractivity contribution in [3.63, 3.8) is 0 Å². The van der Waals surface area contributed by atoms with Crippen LogP contribution in [0.15, 0.2) is 48.8 Å². The highest BCUT2D eigenvalue weighted by atomic mass is 16.4. The first-order chi connectivity index (χ1) is 10.6. The maximum Gasteiger partial charge on any atom is 0.308 e. The van der Waals surface area contributed by atoms with E-state index in [9.17, 15) is 14.7 Å². The van der Waals surface area contributed by atoms with Crippen molar-refractivity contribution >= 4 is 11.9 Å². The highest BCUT2D eigenvalue weighted by Crippen LogP contribution is 2.11. The first-order valence-electron chi connectivity index (χ1n) is 7.03. The van der Waals surface area contributed by atoms with E-state index >= 15 is 0 Å². The topological polar surface area (TPSA) is 79.3 Å². The molecule has 1 heterocycles. The molecule has 0 aliphatic carbocycles. The van der Waals surface area contributed by atoms with E-state index in [1.807, 2.05) is 31.2 Å². The first-order valence-corrected chi connectivity index (χ1v) is 7.03. The number of amides is 1. The maximum absolute atomic E-state index is 11.9. The van der Waals surface area contributed by atoms with Gasteiger partial charge < -0.3 is 10.4 Å². The molecular formula is C17H18N2O3. The van der Waals surface area contributed by atoms with Crippen LogP contribution in [-0.4, -0.2) is 28.5 Å². The van der Waals surface area contributed by atoms with Gasteiger partial charge in [-0.1, -0.05) is 29.8 Å². The largest absolute Gasteiger partial charge is 0.481 e. The van der Waals surface area contributed by atoms with Crippen LogP contribution in [0.2, 0.25) is 0 Å². The van der Waals surface area contributed by atoms with Crippen molar-refractivity contribution < 1.29 is 14.7 Å². The number of nitrogens with one attached hydrogen (secondary N) is 1. The van der Waals surface area contributed by atoms with Crippen LogP contribution in [0.5, 0.6) is 0 Å². The standard InChI is InChI=1S/C17H18N2O3/c1-12-3-2-4-13(9-12)10-15(17(21)22)11-19-16(20)14-5-7-18-8-6-14/h2-9,15H,10-11H2,1H3,(H,19,20)(H,21,22). The molecule has 2 aromatic rings. The minimum atomic E-state index is -0.920. The van der Waals surface area contributed by atoms with Gasteiger partial charge in [0, 0.05) is 24.5 Å². The number of aliphatic carboxylic acids is 1. The summed E-state index contributed by atoms with van der Waals surface area (Å²) in [4.78, 5) is 27.2. The van der Waals surface area contributed by atoms with E-state index < -0.39 is 11.9 Å². The smallest absolute Gasteiger partial charge is 0.308 e. The SMILES string of the molecule is Cc1cccc(CC(CNC(=O)c2ccncc2)C(=O)O)c1. The van der Waals surface area contributed by atoms with Crippen LogP contribution in [0, 0.1) is 12.8 Å². The van der Waals surface area contributed by atoms with Crippen LogP contribution in [-0.2, 0) is 11.2 Å². The summed E-state index contributed by atoms with van der Waals surface area (Å²) in [7, 11) is 0. The number of nitrogens with zero attached hydrogens (tertiary/aromatic N) is 1. The predicted molar refractivity (Wildman–Crippen MR) is 82.6 cm³/mol. The number of rotatable bonds is 6. The molecule has 22 heavy (non-hydrogen) atoms. The number of carboxylic acids is 1. The van der Waals surface area contributed by atoms with E-state index in [1.165, 1.54) is 12.4 Å². The molecule has 0 saturated heterocycles. The molecule has 1 atom stereocenters. The molecular weight excluding hydrogens is 280 g/mol. The number of aromatic nitrogens is 1. The van der Waals surface area contributed by atoms with Crippen LogP contribution in [0.3, 0.4) is 0 Å². The average molecular weight is 298 g/mol. The zero-order valence-electron chi connectivity index (χ0n) is 12.3. The Morgan fingerprint density at radius 2 is 1.95 bits per heavy atom. The molecule has 0 aliphatic rings. The molecule has 1 aromatic carbocycles. The Morgan fingerprint density at radius 3 is 2.59 bits per heavy atom. The minimum Gasteiger partial charge on any atom is -0.481 e. The van der Waals surface area contributed by atoms with Crippen molar-refractivity contribution in [3.05, 3.63) is 65.5 Å². The zero-order valence-corrected chi connectivity index (χ0v) is 12.3. The van der Waals surface area contributed by atoms with Gasteiger partial charge in [0.15, 0.2) is 0 Å². The van der Waals surface area contributed by atoms with Gasteiger partial charge in [0.05, 0.1) is 5.92 Å². The molecule has 5 heteroatoms. The summed E-state index contributed by atoms with van der Waals surface area (Å²) in [6, 6.07) is 10.9. The summed E-state index contributed by atoms with van der Waals surface area (Å²) in [5.74, 6) is -1.87. The third kappa shape index (κ3) is 4.41. The summed E-state index contributed by atoms with van der Waals surface area (Å²) in [5.41, 5.74) is 2.50. The van der Waals surface area contributed by atoms with Gasteiger partial charge in [-0.05, 0) is 31.0 Å². The molecule has 1 amide bonds. The molecule has 0 spiro atoms. The van der Waals surface area contributed by atoms with Gasteiger partial charge >= 0.3 is 5.97 Å². The Balaban J connectivity index is 1.98. The average Bonchev–Trinajstić information content (AvgIpc) is 2.51. The molecule has 1 aromatic heterocycles. The van der Waals surface area contributed by atoms with Crippen LogP contribution in [0.4, 0.5) is 0 Å². The van der Waals surface area contributed by atoms with E-state index in [0.29, 0.717) is 12.0 Å². The highest BCUT2D eigenvalue weighted by molar-refractivity contribution is 5.94. The first kappa shape index (κ1) is 15.7. The van der Waals surface area contributed by atoms with Crippen molar-refractivity contribution in [2.24, 2.45) is 5.92 Å². The lowest BCUT2D eigenvalue weighted by atomic mass is 9.98. The normalized spacial score (nSPS) is 11.7. The molecule has 1 unspecified atom stereocenters. The predicted octanol–water partition coefficient (Wildman–Crippen LogP) is 2.06. The summed E-state index contributed by atoms with van der Waals surface area (Å²) in [6.07, 6.45) is 3.43. The fourth-order valence-corrected chi connectivity index (χ4v) is 2.19. The number of hydrogen-bond acceptors (Lipinski definition) is 3. The van der Waals surface area contributed by atoms with E-state index in [-0.39, 0.29) is 12.5 Å². The van der Waals surface area contributed by atoms with E-state index in [0.717, 1.165) is 11.1 Å². The highest BCUT2D eigenvalue weighted by Gasteiger charge is 2.19. The quantitative estimate of drug-likeness (QED) is 0.855. The van der Waals surface area contributed by atoms with Gasteiger partial charge in [-0.2, -0.15) is 0 Å². The third-order valence-corrected chi connectivity index (χ3v) is 3.37. The molecule has 2 rings (SSSR count). The van der Waals surface area contributed by atoms with Gasteiger partial charge in [0.1, 0.15) is 0 Å². The molecule has 114 valence electrons. The number of hydrogen-bond donors (Lipinski definition) is 2. The van der Waals surface area contributed by atoms with E-state index in [1.54, 1.807) is 12.1 Å². The van der Waals surface area contributed by atoms with Crippen molar-refractivity contribution in [1.82, 2.24) is 10.3 Å². The summed E-state index contributed by atoms with van der Waals surface area (Å²) in [5, 5.41) is 12.0. The maximum atomic E-state index is 11.9. The van der Waals surface area contributed by atoms with Crippen molar-refractivity contribution in [2.45, 2.75) is 13.3 Å². The minimum absolute atomic E-state index is 0.0877. The summed E-state index contributed by atoms with van der Waals surface area (Å²) < 4.78 is 0. The van der Waals surface area contributed by atoms with Crippen molar-refractivity contribution in [1.29, 1.82) is 0 Å². The number of benzene rings is 1. The number of pyridine rings is 1. The number of carbonyl (C=O) groups is 2. The van der Waals surface area contributed by atoms with Crippen LogP contribution in [0.1, 0.15) is 21.5 Å². The molecule has 0 radical (unpaired) electrons. The molecule has 0 bridgehead atoms. The van der Waals surface area contributed by atoms with Gasteiger partial charge in [-0.25, -0.2) is 0 Å². The third-order valence-electron chi connectivity index (χ3n) is 3.37. The van der Waals surface area contributed by atoms with Crippen LogP contribution < -0.4 is 5.32 Å². The molecule has 0 saturated carbocycles. The lowest BCUT2D eigenvalue weighted by Crippen LogP contribution is -2.34. The van der Waals surface area contributed by atoms with E-state index in [2.05, 4.69) is 10.3 Å². The van der Waals surface area contributed by atoms with E-state index in [4.69, 9.17) is 0 Å². The van der Waals surface area contributed by atoms with Gasteiger partial charge in [0.25, 0.3) is 5.91 Å². The zero-order chi connectivity index (χ0) is 15.9. The molecule has 5 nitrogen and oxygen atoms in total. The van der Waals surface area contributed by atoms with Gasteiger partial charge in [0.2, 0.25) is 0 Å². The van der Waals surface area contributed by atoms with Crippen molar-refractivity contribution in [2.75, 3.05) is 6.54 Å². The Kier molecular flexibility index (Phi) is 5.25. The molecule has 0 fully saturated rings. The number of carbonyl (C=O) groups excluding carboxylic acids is 1. The lowest BCUT2D eigenvalue weighted by molar-refractivity contribution is -0.141. The molecule has 0 aliphatic heterocycles. The second-order valence-electron chi connectivity index (χ2n) is 5.17.